The number of halogens is 2. The number of hydrogen-bond donors (Lipinski definition) is 0. The maximum absolute atomic E-state index is 5.95. The second-order valence-electron chi connectivity index (χ2n) is 3.38. The van der Waals surface area contributed by atoms with E-state index in [-0.39, 0.29) is 12.4 Å². The summed E-state index contributed by atoms with van der Waals surface area (Å²) < 4.78 is 5.16. The van der Waals surface area contributed by atoms with Gasteiger partial charge in [-0.25, -0.2) is 0 Å². The normalized spacial score (nSPS) is 11.6. The maximum atomic E-state index is 5.95. The predicted molar refractivity (Wildman–Crippen MR) is 66.3 cm³/mol. The van der Waals surface area contributed by atoms with Gasteiger partial charge in [0.2, 0.25) is 0 Å². The van der Waals surface area contributed by atoms with E-state index in [2.05, 4.69) is 41.8 Å². The predicted octanol–water partition coefficient (Wildman–Crippen LogP) is -0.192. The molecule has 86 valence electrons. The fraction of sp³-hybridized carbons (Fsp3) is 0.250. The Labute approximate surface area is 113 Å². The van der Waals surface area contributed by atoms with Gasteiger partial charge < -0.3 is 12.4 Å². The van der Waals surface area contributed by atoms with Gasteiger partial charge in [-0.1, -0.05) is 0 Å². The van der Waals surface area contributed by atoms with Crippen molar-refractivity contribution in [2.75, 3.05) is 0 Å². The Kier molecular flexibility index (Phi) is 5.07. The number of aryl methyl sites for hydroxylation is 1. The molecule has 4 heteroatoms. The number of hydrogen-bond acceptors (Lipinski definition) is 0. The van der Waals surface area contributed by atoms with Crippen LogP contribution in [0.4, 0.5) is 0 Å². The van der Waals surface area contributed by atoms with Crippen LogP contribution in [-0.2, 0) is 6.54 Å². The fourth-order valence-electron chi connectivity index (χ4n) is 1.66. The Morgan fingerprint density at radius 2 is 2.12 bits per heavy atom. The van der Waals surface area contributed by atoms with Crippen LogP contribution in [0.5, 0.6) is 0 Å². The molecule has 0 aliphatic carbocycles. The van der Waals surface area contributed by atoms with Crippen molar-refractivity contribution in [3.05, 3.63) is 33.9 Å². The first-order valence-electron chi connectivity index (χ1n) is 4.97. The molecule has 0 atom stereocenters. The van der Waals surface area contributed by atoms with Crippen molar-refractivity contribution >= 4 is 42.0 Å². The van der Waals surface area contributed by atoms with Gasteiger partial charge in [0, 0.05) is 0 Å². The first-order valence-corrected chi connectivity index (χ1v) is 7.06. The Morgan fingerprint density at radius 1 is 1.44 bits per heavy atom. The molecule has 0 aliphatic heterocycles. The zero-order valence-corrected chi connectivity index (χ0v) is 12.4. The van der Waals surface area contributed by atoms with E-state index in [1.807, 2.05) is 6.92 Å². The SMILES string of the molecule is CC[n+]1c(C=C(C)Cl)[se]c2ccccc21.[Cl-]. The van der Waals surface area contributed by atoms with E-state index in [0.29, 0.717) is 14.5 Å². The van der Waals surface area contributed by atoms with Gasteiger partial charge in [0.05, 0.1) is 0 Å². The van der Waals surface area contributed by atoms with E-state index in [0.717, 1.165) is 11.6 Å². The van der Waals surface area contributed by atoms with Gasteiger partial charge in [-0.2, -0.15) is 0 Å². The van der Waals surface area contributed by atoms with Gasteiger partial charge in [0.15, 0.2) is 0 Å². The zero-order valence-electron chi connectivity index (χ0n) is 9.21. The topological polar surface area (TPSA) is 3.88 Å². The third kappa shape index (κ3) is 2.70. The summed E-state index contributed by atoms with van der Waals surface area (Å²) in [6.45, 7) is 5.12. The van der Waals surface area contributed by atoms with Crippen LogP contribution in [-0.4, -0.2) is 14.5 Å². The van der Waals surface area contributed by atoms with Crippen molar-refractivity contribution in [2.24, 2.45) is 0 Å². The summed E-state index contributed by atoms with van der Waals surface area (Å²) >= 11 is 6.35. The van der Waals surface area contributed by atoms with Gasteiger partial charge in [0.25, 0.3) is 0 Å². The number of allylic oxidation sites excluding steroid dienone is 1. The van der Waals surface area contributed by atoms with Crippen LogP contribution in [0, 0.1) is 0 Å². The summed E-state index contributed by atoms with van der Waals surface area (Å²) in [6, 6.07) is 8.60. The van der Waals surface area contributed by atoms with Crippen molar-refractivity contribution < 1.29 is 17.0 Å². The van der Waals surface area contributed by atoms with E-state index in [4.69, 9.17) is 11.6 Å². The molecule has 16 heavy (non-hydrogen) atoms. The van der Waals surface area contributed by atoms with Crippen LogP contribution in [0.25, 0.3) is 15.9 Å². The molecule has 0 saturated carbocycles. The molecule has 0 bridgehead atoms. The fourth-order valence-corrected chi connectivity index (χ4v) is 4.48. The van der Waals surface area contributed by atoms with Gasteiger partial charge in [-0.3, -0.25) is 0 Å². The minimum atomic E-state index is 0. The number of rotatable bonds is 2. The number of para-hydroxylation sites is 1. The molecule has 0 N–H and O–H groups in total. The van der Waals surface area contributed by atoms with Crippen LogP contribution in [0.15, 0.2) is 29.3 Å². The second kappa shape index (κ2) is 5.88. The summed E-state index contributed by atoms with van der Waals surface area (Å²) in [6.07, 6.45) is 2.09. The third-order valence-electron chi connectivity index (χ3n) is 2.28. The van der Waals surface area contributed by atoms with E-state index < -0.39 is 0 Å². The molecule has 0 spiro atoms. The Bertz CT molecular complexity index is 513. The van der Waals surface area contributed by atoms with Crippen molar-refractivity contribution in [1.82, 2.24) is 0 Å². The van der Waals surface area contributed by atoms with Crippen LogP contribution in [0.2, 0.25) is 0 Å². The number of fused-ring (bicyclic) bond motifs is 1. The third-order valence-corrected chi connectivity index (χ3v) is 4.72. The van der Waals surface area contributed by atoms with E-state index in [1.165, 1.54) is 14.3 Å². The smallest absolute Gasteiger partial charge is 1.00 e. The average Bonchev–Trinajstić information content (AvgIpc) is 2.53. The van der Waals surface area contributed by atoms with Crippen LogP contribution < -0.4 is 17.0 Å². The standard InChI is InChI=1S/C12H13ClNSe.ClH/c1-3-14-10-6-4-5-7-11(10)15-12(14)8-9(2)13;/h4-8H,3H2,1-2H3;1H/q+1;/p-1. The molecular formula is C12H13Cl2NSe. The molecule has 0 fully saturated rings. The number of benzene rings is 1. The van der Waals surface area contributed by atoms with Crippen molar-refractivity contribution in [1.29, 1.82) is 0 Å². The van der Waals surface area contributed by atoms with Crippen LogP contribution in [0.3, 0.4) is 0 Å². The molecule has 1 aromatic heterocycles. The number of aromatic nitrogens is 1. The minimum absolute atomic E-state index is 0. The molecule has 0 radical (unpaired) electrons. The molecular weight excluding hydrogens is 308 g/mol. The summed E-state index contributed by atoms with van der Waals surface area (Å²) in [7, 11) is 0. The molecule has 0 unspecified atom stereocenters. The number of nitrogens with zero attached hydrogens (tertiary/aromatic N) is 1. The first kappa shape index (κ1) is 13.8. The van der Waals surface area contributed by atoms with E-state index in [9.17, 15) is 0 Å². The Morgan fingerprint density at radius 3 is 2.75 bits per heavy atom. The molecule has 0 saturated heterocycles. The minimum Gasteiger partial charge on any atom is -1.00 e. The van der Waals surface area contributed by atoms with E-state index in [1.54, 1.807) is 0 Å². The van der Waals surface area contributed by atoms with Gasteiger partial charge in [-0.15, -0.1) is 0 Å². The summed E-state index contributed by atoms with van der Waals surface area (Å²) in [5, 5.41) is 0.859. The quantitative estimate of drug-likeness (QED) is 0.533. The largest absolute Gasteiger partial charge is 1.00 e. The van der Waals surface area contributed by atoms with Crippen molar-refractivity contribution in [3.63, 3.8) is 0 Å². The summed E-state index contributed by atoms with van der Waals surface area (Å²) in [4.78, 5) is 0. The molecule has 1 aromatic carbocycles. The maximum Gasteiger partial charge on any atom is -1.00 e. The van der Waals surface area contributed by atoms with Gasteiger partial charge >= 0.3 is 101 Å². The van der Waals surface area contributed by atoms with Crippen LogP contribution in [0.1, 0.15) is 18.4 Å². The monoisotopic (exact) mass is 321 g/mol. The van der Waals surface area contributed by atoms with Crippen molar-refractivity contribution in [2.45, 2.75) is 20.4 Å². The Balaban J connectivity index is 0.00000128. The molecule has 1 nitrogen and oxygen atoms in total. The molecule has 1 heterocycles. The average molecular weight is 321 g/mol. The second-order valence-corrected chi connectivity index (χ2v) is 6.21. The van der Waals surface area contributed by atoms with Gasteiger partial charge in [-0.05, 0) is 0 Å². The molecule has 0 aliphatic rings. The molecule has 0 amide bonds. The summed E-state index contributed by atoms with van der Waals surface area (Å²) in [5.74, 6) is 0. The Hall–Kier alpha value is -0.271. The van der Waals surface area contributed by atoms with E-state index >= 15 is 0 Å². The molecule has 2 aromatic rings. The van der Waals surface area contributed by atoms with Crippen molar-refractivity contribution in [3.8, 4) is 0 Å². The first-order chi connectivity index (χ1) is 7.22. The zero-order chi connectivity index (χ0) is 10.8. The molecule has 2 rings (SSSR count). The van der Waals surface area contributed by atoms with Crippen LogP contribution >= 0.6 is 11.6 Å². The van der Waals surface area contributed by atoms with Gasteiger partial charge in [0.1, 0.15) is 0 Å². The summed E-state index contributed by atoms with van der Waals surface area (Å²) in [5.41, 5.74) is 1.35.